The number of aliphatic carboxylic acids is 1. The molecule has 1 fully saturated rings. The molecule has 0 radical (unpaired) electrons. The fourth-order valence-electron chi connectivity index (χ4n) is 2.48. The highest BCUT2D eigenvalue weighted by Crippen LogP contribution is 2.32. The zero-order valence-corrected chi connectivity index (χ0v) is 13.5. The summed E-state index contributed by atoms with van der Waals surface area (Å²) in [5.41, 5.74) is 0.00527. The molecule has 23 heavy (non-hydrogen) atoms. The Morgan fingerprint density at radius 2 is 2.00 bits per heavy atom. The fourth-order valence-corrected chi connectivity index (χ4v) is 2.80. The van der Waals surface area contributed by atoms with Gasteiger partial charge in [-0.3, -0.25) is 9.59 Å². The molecule has 1 amide bonds. The Hall–Kier alpha value is -1.77. The summed E-state index contributed by atoms with van der Waals surface area (Å²) in [7, 11) is 0. The van der Waals surface area contributed by atoms with E-state index < -0.39 is 29.9 Å². The number of rotatable bonds is 3. The first kappa shape index (κ1) is 17.6. The molecule has 1 aromatic carbocycles. The molecule has 1 heterocycles. The van der Waals surface area contributed by atoms with Gasteiger partial charge in [-0.2, -0.15) is 0 Å². The molecule has 5 nitrogen and oxygen atoms in total. The summed E-state index contributed by atoms with van der Waals surface area (Å²) in [6.07, 6.45) is -4.87. The van der Waals surface area contributed by atoms with E-state index in [1.165, 1.54) is 17.0 Å². The van der Waals surface area contributed by atoms with E-state index in [-0.39, 0.29) is 29.0 Å². The second-order valence-corrected chi connectivity index (χ2v) is 6.18. The molecular weight excluding hydrogens is 383 g/mol. The van der Waals surface area contributed by atoms with E-state index in [0.29, 0.717) is 0 Å². The second kappa shape index (κ2) is 6.38. The number of likely N-dealkylation sites (tertiary alicyclic amines) is 1. The van der Waals surface area contributed by atoms with Gasteiger partial charge in [0, 0.05) is 18.7 Å². The lowest BCUT2D eigenvalue weighted by molar-refractivity contribution is -0.274. The van der Waals surface area contributed by atoms with Gasteiger partial charge in [0.2, 0.25) is 0 Å². The topological polar surface area (TPSA) is 66.8 Å². The van der Waals surface area contributed by atoms with Crippen LogP contribution in [-0.2, 0) is 4.79 Å². The van der Waals surface area contributed by atoms with Gasteiger partial charge in [-0.25, -0.2) is 0 Å². The molecule has 2 rings (SSSR count). The molecule has 0 saturated carbocycles. The van der Waals surface area contributed by atoms with Crippen molar-refractivity contribution in [3.8, 4) is 5.75 Å². The first-order valence-corrected chi connectivity index (χ1v) is 7.45. The van der Waals surface area contributed by atoms with Crippen LogP contribution in [0.1, 0.15) is 17.3 Å². The third kappa shape index (κ3) is 4.15. The van der Waals surface area contributed by atoms with Crippen LogP contribution in [-0.4, -0.2) is 41.3 Å². The molecule has 0 aliphatic carbocycles. The van der Waals surface area contributed by atoms with Gasteiger partial charge in [-0.15, -0.1) is 13.2 Å². The van der Waals surface area contributed by atoms with Crippen LogP contribution in [0, 0.1) is 11.8 Å². The van der Waals surface area contributed by atoms with Gasteiger partial charge in [0.25, 0.3) is 5.91 Å². The number of hydrogen-bond acceptors (Lipinski definition) is 3. The van der Waals surface area contributed by atoms with Gasteiger partial charge in [0.05, 0.1) is 10.4 Å². The van der Waals surface area contributed by atoms with Crippen molar-refractivity contribution in [3.05, 3.63) is 28.2 Å². The summed E-state index contributed by atoms with van der Waals surface area (Å²) in [5, 5.41) is 9.07. The van der Waals surface area contributed by atoms with Crippen LogP contribution in [0.3, 0.4) is 0 Å². The van der Waals surface area contributed by atoms with Crippen LogP contribution >= 0.6 is 15.9 Å². The molecule has 9 heteroatoms. The third-order valence-electron chi connectivity index (χ3n) is 3.62. The Bertz CT molecular complexity index is 635. The standard InChI is InChI=1S/C14H13BrF3NO4/c1-7-5-19(6-9(7)13(21)22)12(20)8-2-3-10(15)11(4-8)23-14(16,17)18/h2-4,7,9H,5-6H2,1H3,(H,21,22)/t7-,9-/m1/s1. The Labute approximate surface area is 138 Å². The van der Waals surface area contributed by atoms with E-state index in [2.05, 4.69) is 20.7 Å². The normalized spacial score (nSPS) is 21.3. The number of carbonyl (C=O) groups excluding carboxylic acids is 1. The third-order valence-corrected chi connectivity index (χ3v) is 4.28. The predicted molar refractivity (Wildman–Crippen MR) is 77.0 cm³/mol. The average Bonchev–Trinajstić information content (AvgIpc) is 2.81. The number of nitrogens with zero attached hydrogens (tertiary/aromatic N) is 1. The van der Waals surface area contributed by atoms with Crippen LogP contribution in [0.25, 0.3) is 0 Å². The van der Waals surface area contributed by atoms with E-state index >= 15 is 0 Å². The molecule has 1 aromatic rings. The van der Waals surface area contributed by atoms with Crippen molar-refractivity contribution in [1.29, 1.82) is 0 Å². The Kier molecular flexibility index (Phi) is 4.88. The average molecular weight is 396 g/mol. The van der Waals surface area contributed by atoms with E-state index in [1.54, 1.807) is 6.92 Å². The summed E-state index contributed by atoms with van der Waals surface area (Å²) < 4.78 is 40.9. The Balaban J connectivity index is 2.20. The summed E-state index contributed by atoms with van der Waals surface area (Å²) in [6.45, 7) is 1.98. The molecule has 1 N–H and O–H groups in total. The highest BCUT2D eigenvalue weighted by atomic mass is 79.9. The molecule has 1 aliphatic heterocycles. The summed E-state index contributed by atoms with van der Waals surface area (Å²) >= 11 is 2.93. The number of carbonyl (C=O) groups is 2. The van der Waals surface area contributed by atoms with Crippen molar-refractivity contribution in [2.75, 3.05) is 13.1 Å². The second-order valence-electron chi connectivity index (χ2n) is 5.33. The van der Waals surface area contributed by atoms with Gasteiger partial charge in [-0.05, 0) is 40.0 Å². The number of carboxylic acid groups (broad SMARTS) is 1. The summed E-state index contributed by atoms with van der Waals surface area (Å²) in [6, 6.07) is 3.62. The summed E-state index contributed by atoms with van der Waals surface area (Å²) in [5.74, 6) is -2.95. The monoisotopic (exact) mass is 395 g/mol. The van der Waals surface area contributed by atoms with Crippen molar-refractivity contribution in [2.45, 2.75) is 13.3 Å². The molecule has 0 spiro atoms. The largest absolute Gasteiger partial charge is 0.573 e. The minimum Gasteiger partial charge on any atom is -0.481 e. The molecule has 1 aliphatic rings. The zero-order valence-electron chi connectivity index (χ0n) is 11.9. The predicted octanol–water partition coefficient (Wildman–Crippen LogP) is 3.14. The highest BCUT2D eigenvalue weighted by Gasteiger charge is 2.37. The molecular formula is C14H13BrF3NO4. The van der Waals surface area contributed by atoms with Crippen LogP contribution in [0.5, 0.6) is 5.75 Å². The fraction of sp³-hybridized carbons (Fsp3) is 0.429. The van der Waals surface area contributed by atoms with Crippen LogP contribution in [0.4, 0.5) is 13.2 Å². The van der Waals surface area contributed by atoms with Gasteiger partial charge in [-0.1, -0.05) is 6.92 Å². The van der Waals surface area contributed by atoms with Gasteiger partial charge in [0.15, 0.2) is 0 Å². The number of hydrogen-bond donors (Lipinski definition) is 1. The van der Waals surface area contributed by atoms with Crippen LogP contribution in [0.2, 0.25) is 0 Å². The van der Waals surface area contributed by atoms with E-state index in [4.69, 9.17) is 5.11 Å². The quantitative estimate of drug-likeness (QED) is 0.853. The van der Waals surface area contributed by atoms with Crippen molar-refractivity contribution < 1.29 is 32.6 Å². The highest BCUT2D eigenvalue weighted by molar-refractivity contribution is 9.10. The van der Waals surface area contributed by atoms with E-state index in [0.717, 1.165) is 6.07 Å². The number of alkyl halides is 3. The molecule has 126 valence electrons. The van der Waals surface area contributed by atoms with Gasteiger partial charge in [0.1, 0.15) is 5.75 Å². The maximum atomic E-state index is 12.4. The van der Waals surface area contributed by atoms with Crippen molar-refractivity contribution in [1.82, 2.24) is 4.90 Å². The summed E-state index contributed by atoms with van der Waals surface area (Å²) in [4.78, 5) is 24.8. The van der Waals surface area contributed by atoms with Crippen molar-refractivity contribution >= 4 is 27.8 Å². The van der Waals surface area contributed by atoms with Crippen molar-refractivity contribution in [3.63, 3.8) is 0 Å². The van der Waals surface area contributed by atoms with Gasteiger partial charge < -0.3 is 14.7 Å². The maximum Gasteiger partial charge on any atom is 0.573 e. The van der Waals surface area contributed by atoms with Gasteiger partial charge >= 0.3 is 12.3 Å². The Morgan fingerprint density at radius 1 is 1.35 bits per heavy atom. The molecule has 0 aromatic heterocycles. The minimum atomic E-state index is -4.87. The van der Waals surface area contributed by atoms with E-state index in [9.17, 15) is 22.8 Å². The molecule has 2 atom stereocenters. The van der Waals surface area contributed by atoms with E-state index in [1.807, 2.05) is 0 Å². The number of halogens is 4. The number of amides is 1. The first-order chi connectivity index (χ1) is 10.6. The van der Waals surface area contributed by atoms with Crippen LogP contribution < -0.4 is 4.74 Å². The SMILES string of the molecule is C[C@@H]1CN(C(=O)c2ccc(Br)c(OC(F)(F)F)c2)C[C@H]1C(=O)O. The lowest BCUT2D eigenvalue weighted by Gasteiger charge is -2.17. The number of carboxylic acids is 1. The smallest absolute Gasteiger partial charge is 0.481 e. The maximum absolute atomic E-state index is 12.4. The molecule has 0 bridgehead atoms. The lowest BCUT2D eigenvalue weighted by Crippen LogP contribution is -2.30. The minimum absolute atomic E-state index is 0.00527. The Morgan fingerprint density at radius 3 is 2.52 bits per heavy atom. The molecule has 0 unspecified atom stereocenters. The lowest BCUT2D eigenvalue weighted by atomic mass is 9.99. The van der Waals surface area contributed by atoms with Crippen molar-refractivity contribution in [2.24, 2.45) is 11.8 Å². The first-order valence-electron chi connectivity index (χ1n) is 6.66. The van der Waals surface area contributed by atoms with Crippen LogP contribution in [0.15, 0.2) is 22.7 Å². The molecule has 1 saturated heterocycles. The number of ether oxygens (including phenoxy) is 1. The zero-order chi connectivity index (χ0) is 17.4. The number of benzene rings is 1.